The third-order valence-electron chi connectivity index (χ3n) is 3.35. The van der Waals surface area contributed by atoms with Gasteiger partial charge >= 0.3 is 0 Å². The normalized spacial score (nSPS) is 19.3. The van der Waals surface area contributed by atoms with Crippen molar-refractivity contribution in [1.82, 2.24) is 20.4 Å². The Morgan fingerprint density at radius 1 is 1.39 bits per heavy atom. The Bertz CT molecular complexity index is 538. The van der Waals surface area contributed by atoms with E-state index in [9.17, 15) is 0 Å². The van der Waals surface area contributed by atoms with Crippen molar-refractivity contribution in [2.45, 2.75) is 32.7 Å². The summed E-state index contributed by atoms with van der Waals surface area (Å²) in [5.74, 6) is 1.47. The highest BCUT2D eigenvalue weighted by atomic mass is 16.5. The second-order valence-corrected chi connectivity index (χ2v) is 4.65. The van der Waals surface area contributed by atoms with Crippen molar-refractivity contribution >= 4 is 0 Å². The lowest BCUT2D eigenvalue weighted by Crippen LogP contribution is -2.14. The first-order chi connectivity index (χ1) is 8.75. The van der Waals surface area contributed by atoms with Gasteiger partial charge in [-0.3, -0.25) is 0 Å². The minimum Gasteiger partial charge on any atom is -0.361 e. The molecule has 0 spiro atoms. The molecule has 1 saturated heterocycles. The predicted octanol–water partition coefficient (Wildman–Crippen LogP) is 2.17. The summed E-state index contributed by atoms with van der Waals surface area (Å²) >= 11 is 0. The molecular formula is C13H16N4O. The van der Waals surface area contributed by atoms with E-state index in [1.54, 1.807) is 0 Å². The quantitative estimate of drug-likeness (QED) is 0.877. The summed E-state index contributed by atoms with van der Waals surface area (Å²) in [6.07, 6.45) is 4.15. The van der Waals surface area contributed by atoms with Gasteiger partial charge in [0.2, 0.25) is 0 Å². The molecule has 2 aromatic heterocycles. The van der Waals surface area contributed by atoms with Gasteiger partial charge in [0.05, 0.1) is 17.0 Å². The molecule has 0 unspecified atom stereocenters. The molecule has 1 aliphatic heterocycles. The van der Waals surface area contributed by atoms with Crippen LogP contribution in [-0.4, -0.2) is 21.7 Å². The molecule has 1 fully saturated rings. The molecule has 5 heteroatoms. The van der Waals surface area contributed by atoms with Gasteiger partial charge in [-0.1, -0.05) is 5.16 Å². The van der Waals surface area contributed by atoms with Gasteiger partial charge in [-0.05, 0) is 39.3 Å². The van der Waals surface area contributed by atoms with Crippen molar-refractivity contribution in [3.63, 3.8) is 0 Å². The van der Waals surface area contributed by atoms with Crippen LogP contribution in [0.5, 0.6) is 0 Å². The minimum atomic E-state index is 0.354. The Hall–Kier alpha value is -1.75. The van der Waals surface area contributed by atoms with Crippen LogP contribution in [0.2, 0.25) is 0 Å². The molecule has 0 aliphatic carbocycles. The molecule has 5 nitrogen and oxygen atoms in total. The van der Waals surface area contributed by atoms with E-state index in [2.05, 4.69) is 20.4 Å². The first-order valence-corrected chi connectivity index (χ1v) is 6.25. The molecule has 18 heavy (non-hydrogen) atoms. The third-order valence-corrected chi connectivity index (χ3v) is 3.35. The number of rotatable bonds is 2. The van der Waals surface area contributed by atoms with Crippen molar-refractivity contribution in [3.8, 4) is 11.4 Å². The molecule has 2 aromatic rings. The molecule has 0 amide bonds. The van der Waals surface area contributed by atoms with Crippen molar-refractivity contribution in [2.75, 3.05) is 6.54 Å². The van der Waals surface area contributed by atoms with Crippen LogP contribution in [0.25, 0.3) is 11.4 Å². The number of aromatic nitrogens is 3. The molecule has 3 rings (SSSR count). The van der Waals surface area contributed by atoms with Crippen LogP contribution in [0.4, 0.5) is 0 Å². The highest BCUT2D eigenvalue weighted by molar-refractivity contribution is 5.59. The van der Waals surface area contributed by atoms with Crippen LogP contribution in [0.15, 0.2) is 16.8 Å². The van der Waals surface area contributed by atoms with E-state index in [1.807, 2.05) is 26.1 Å². The van der Waals surface area contributed by atoms with Crippen molar-refractivity contribution < 1.29 is 4.52 Å². The zero-order valence-electron chi connectivity index (χ0n) is 10.6. The van der Waals surface area contributed by atoms with E-state index in [-0.39, 0.29) is 0 Å². The van der Waals surface area contributed by atoms with Gasteiger partial charge < -0.3 is 9.84 Å². The lowest BCUT2D eigenvalue weighted by Gasteiger charge is -2.10. The maximum atomic E-state index is 5.17. The molecular weight excluding hydrogens is 228 g/mol. The average molecular weight is 244 g/mol. The highest BCUT2D eigenvalue weighted by Gasteiger charge is 2.20. The van der Waals surface area contributed by atoms with Crippen LogP contribution in [0, 0.1) is 13.8 Å². The van der Waals surface area contributed by atoms with E-state index in [1.165, 1.54) is 6.42 Å². The zero-order valence-corrected chi connectivity index (χ0v) is 10.6. The second kappa shape index (κ2) is 4.49. The molecule has 0 saturated carbocycles. The average Bonchev–Trinajstić information content (AvgIpc) is 3.00. The Morgan fingerprint density at radius 2 is 2.28 bits per heavy atom. The predicted molar refractivity (Wildman–Crippen MR) is 67.0 cm³/mol. The van der Waals surface area contributed by atoms with Crippen LogP contribution in [0.3, 0.4) is 0 Å². The molecule has 1 N–H and O–H groups in total. The summed E-state index contributed by atoms with van der Waals surface area (Å²) in [6.45, 7) is 4.87. The molecule has 94 valence electrons. The summed E-state index contributed by atoms with van der Waals surface area (Å²) in [5.41, 5.74) is 2.80. The van der Waals surface area contributed by atoms with Crippen LogP contribution in [0.1, 0.15) is 36.0 Å². The highest BCUT2D eigenvalue weighted by Crippen LogP contribution is 2.26. The number of hydrogen-bond acceptors (Lipinski definition) is 5. The van der Waals surface area contributed by atoms with Gasteiger partial charge in [0.15, 0.2) is 5.82 Å². The van der Waals surface area contributed by atoms with E-state index in [0.29, 0.717) is 11.9 Å². The number of aryl methyl sites for hydroxylation is 2. The SMILES string of the molecule is Cc1noc(C)c1-c1nccc([C@@H]2CCCN2)n1. The zero-order chi connectivity index (χ0) is 12.5. The summed E-state index contributed by atoms with van der Waals surface area (Å²) in [4.78, 5) is 8.98. The van der Waals surface area contributed by atoms with Crippen LogP contribution in [-0.2, 0) is 0 Å². The van der Waals surface area contributed by atoms with Gasteiger partial charge in [0.25, 0.3) is 0 Å². The van der Waals surface area contributed by atoms with Crippen molar-refractivity contribution in [3.05, 3.63) is 29.4 Å². The van der Waals surface area contributed by atoms with E-state index >= 15 is 0 Å². The number of nitrogens with zero attached hydrogens (tertiary/aromatic N) is 3. The van der Waals surface area contributed by atoms with Crippen LogP contribution >= 0.6 is 0 Å². The van der Waals surface area contributed by atoms with Gasteiger partial charge in [0, 0.05) is 12.2 Å². The molecule has 0 aromatic carbocycles. The lowest BCUT2D eigenvalue weighted by molar-refractivity contribution is 0.393. The molecule has 0 bridgehead atoms. The van der Waals surface area contributed by atoms with Gasteiger partial charge in [-0.25, -0.2) is 9.97 Å². The summed E-state index contributed by atoms with van der Waals surface area (Å²) in [5, 5.41) is 7.39. The number of hydrogen-bond donors (Lipinski definition) is 1. The first-order valence-electron chi connectivity index (χ1n) is 6.25. The van der Waals surface area contributed by atoms with Crippen molar-refractivity contribution in [2.24, 2.45) is 0 Å². The van der Waals surface area contributed by atoms with E-state index < -0.39 is 0 Å². The molecule has 1 atom stereocenters. The van der Waals surface area contributed by atoms with Gasteiger partial charge in [-0.15, -0.1) is 0 Å². The van der Waals surface area contributed by atoms with E-state index in [4.69, 9.17) is 4.52 Å². The topological polar surface area (TPSA) is 63.8 Å². The van der Waals surface area contributed by atoms with Gasteiger partial charge in [0.1, 0.15) is 5.76 Å². The molecule has 0 radical (unpaired) electrons. The fourth-order valence-electron chi connectivity index (χ4n) is 2.43. The largest absolute Gasteiger partial charge is 0.361 e. The Balaban J connectivity index is 2.00. The molecule has 3 heterocycles. The maximum Gasteiger partial charge on any atom is 0.164 e. The minimum absolute atomic E-state index is 0.354. The fourth-order valence-corrected chi connectivity index (χ4v) is 2.43. The Morgan fingerprint density at radius 3 is 2.94 bits per heavy atom. The Kier molecular flexibility index (Phi) is 2.83. The molecule has 1 aliphatic rings. The monoisotopic (exact) mass is 244 g/mol. The number of nitrogens with one attached hydrogen (secondary N) is 1. The lowest BCUT2D eigenvalue weighted by atomic mass is 10.1. The second-order valence-electron chi connectivity index (χ2n) is 4.65. The van der Waals surface area contributed by atoms with Gasteiger partial charge in [-0.2, -0.15) is 0 Å². The first kappa shape index (κ1) is 11.3. The standard InChI is InChI=1S/C13H16N4O/c1-8-12(9(2)18-17-8)13-15-7-5-11(16-13)10-4-3-6-14-10/h5,7,10,14H,3-4,6H2,1-2H3/t10-/m0/s1. The summed E-state index contributed by atoms with van der Waals surface area (Å²) in [7, 11) is 0. The summed E-state index contributed by atoms with van der Waals surface area (Å²) in [6, 6.07) is 2.33. The van der Waals surface area contributed by atoms with Crippen molar-refractivity contribution in [1.29, 1.82) is 0 Å². The van der Waals surface area contributed by atoms with Crippen LogP contribution < -0.4 is 5.32 Å². The smallest absolute Gasteiger partial charge is 0.164 e. The third kappa shape index (κ3) is 1.90. The summed E-state index contributed by atoms with van der Waals surface area (Å²) < 4.78 is 5.17. The maximum absolute atomic E-state index is 5.17. The Labute approximate surface area is 106 Å². The fraction of sp³-hybridized carbons (Fsp3) is 0.462. The van der Waals surface area contributed by atoms with E-state index in [0.717, 1.165) is 35.7 Å².